The number of amides is 1. The fourth-order valence-corrected chi connectivity index (χ4v) is 4.64. The highest BCUT2D eigenvalue weighted by atomic mass is 16.5. The molecule has 2 heterocycles. The number of likely N-dealkylation sites (tertiary alicyclic amines) is 1. The highest BCUT2D eigenvalue weighted by molar-refractivity contribution is 5.80. The zero-order valence-corrected chi connectivity index (χ0v) is 19.4. The molecule has 2 aliphatic heterocycles. The van der Waals surface area contributed by atoms with E-state index in [2.05, 4.69) is 4.90 Å². The van der Waals surface area contributed by atoms with Crippen molar-refractivity contribution in [2.24, 2.45) is 5.92 Å². The number of hydrogen-bond donors (Lipinski definition) is 0. The van der Waals surface area contributed by atoms with Crippen molar-refractivity contribution in [1.82, 2.24) is 9.80 Å². The monoisotopic (exact) mass is 452 g/mol. The van der Waals surface area contributed by atoms with Gasteiger partial charge in [-0.25, -0.2) is 0 Å². The molecule has 0 saturated carbocycles. The molecule has 2 atom stereocenters. The molecule has 33 heavy (non-hydrogen) atoms. The van der Waals surface area contributed by atoms with E-state index in [0.717, 1.165) is 35.5 Å². The van der Waals surface area contributed by atoms with Gasteiger partial charge in [-0.2, -0.15) is 0 Å². The van der Waals surface area contributed by atoms with E-state index in [-0.39, 0.29) is 30.4 Å². The van der Waals surface area contributed by atoms with E-state index >= 15 is 0 Å². The Morgan fingerprint density at radius 1 is 1.09 bits per heavy atom. The smallest absolute Gasteiger partial charge is 0.310 e. The lowest BCUT2D eigenvalue weighted by molar-refractivity contribution is -0.151. The lowest BCUT2D eigenvalue weighted by Crippen LogP contribution is -2.47. The molecule has 0 bridgehead atoms. The predicted octanol–water partition coefficient (Wildman–Crippen LogP) is 3.43. The molecule has 2 aliphatic rings. The van der Waals surface area contributed by atoms with Crippen molar-refractivity contribution in [1.29, 1.82) is 0 Å². The van der Waals surface area contributed by atoms with Crippen molar-refractivity contribution in [2.45, 2.75) is 32.4 Å². The van der Waals surface area contributed by atoms with Crippen LogP contribution in [0.1, 0.15) is 37.0 Å². The molecule has 1 fully saturated rings. The summed E-state index contributed by atoms with van der Waals surface area (Å²) in [5, 5.41) is 0. The van der Waals surface area contributed by atoms with Crippen LogP contribution < -0.4 is 9.47 Å². The van der Waals surface area contributed by atoms with Crippen molar-refractivity contribution in [3.63, 3.8) is 0 Å². The number of fused-ring (bicyclic) bond motifs is 1. The van der Waals surface area contributed by atoms with Gasteiger partial charge >= 0.3 is 5.97 Å². The Kier molecular flexibility index (Phi) is 7.50. The summed E-state index contributed by atoms with van der Waals surface area (Å²) in [6.45, 7) is 4.69. The summed E-state index contributed by atoms with van der Waals surface area (Å²) in [4.78, 5) is 29.4. The second-order valence-corrected chi connectivity index (χ2v) is 8.56. The summed E-state index contributed by atoms with van der Waals surface area (Å²) >= 11 is 0. The third-order valence-corrected chi connectivity index (χ3v) is 6.30. The van der Waals surface area contributed by atoms with Gasteiger partial charge in [0.15, 0.2) is 0 Å². The molecule has 0 radical (unpaired) electrons. The second kappa shape index (κ2) is 10.7. The summed E-state index contributed by atoms with van der Waals surface area (Å²) < 4.78 is 17.2. The number of methoxy groups -OCH3 is 1. The number of carbonyl (C=O) groups is 2. The average Bonchev–Trinajstić information content (AvgIpc) is 3.03. The molecular weight excluding hydrogens is 420 g/mol. The molecule has 0 aromatic heterocycles. The third kappa shape index (κ3) is 5.47. The zero-order chi connectivity index (χ0) is 23.2. The van der Waals surface area contributed by atoms with Gasteiger partial charge in [0.05, 0.1) is 26.2 Å². The third-order valence-electron chi connectivity index (χ3n) is 6.30. The van der Waals surface area contributed by atoms with Crippen LogP contribution in [0, 0.1) is 5.92 Å². The largest absolute Gasteiger partial charge is 0.496 e. The first-order valence-electron chi connectivity index (χ1n) is 11.6. The van der Waals surface area contributed by atoms with Gasteiger partial charge in [-0.3, -0.25) is 14.5 Å². The van der Waals surface area contributed by atoms with Crippen molar-refractivity contribution in [3.8, 4) is 11.5 Å². The molecule has 4 rings (SSSR count). The molecule has 1 amide bonds. The maximum atomic E-state index is 13.2. The Labute approximate surface area is 195 Å². The van der Waals surface area contributed by atoms with Gasteiger partial charge in [0.1, 0.15) is 17.6 Å². The number of para-hydroxylation sites is 2. The second-order valence-electron chi connectivity index (χ2n) is 8.56. The first kappa shape index (κ1) is 23.1. The Morgan fingerprint density at radius 3 is 2.70 bits per heavy atom. The molecule has 2 aromatic rings. The first-order valence-corrected chi connectivity index (χ1v) is 11.6. The predicted molar refractivity (Wildman–Crippen MR) is 124 cm³/mol. The van der Waals surface area contributed by atoms with E-state index in [1.54, 1.807) is 18.9 Å². The highest BCUT2D eigenvalue weighted by Gasteiger charge is 2.32. The Bertz CT molecular complexity index is 979. The number of rotatable bonds is 6. The van der Waals surface area contributed by atoms with E-state index in [4.69, 9.17) is 14.2 Å². The lowest BCUT2D eigenvalue weighted by atomic mass is 9.98. The van der Waals surface area contributed by atoms with Crippen LogP contribution in [-0.4, -0.2) is 61.6 Å². The molecule has 0 aliphatic carbocycles. The van der Waals surface area contributed by atoms with Gasteiger partial charge < -0.3 is 19.1 Å². The summed E-state index contributed by atoms with van der Waals surface area (Å²) in [5.74, 6) is 1.17. The van der Waals surface area contributed by atoms with Crippen LogP contribution in [0.15, 0.2) is 48.5 Å². The minimum absolute atomic E-state index is 0.0298. The molecule has 2 unspecified atom stereocenters. The van der Waals surface area contributed by atoms with Gasteiger partial charge in [0, 0.05) is 37.3 Å². The van der Waals surface area contributed by atoms with E-state index in [1.165, 1.54) is 0 Å². The van der Waals surface area contributed by atoms with E-state index in [9.17, 15) is 9.59 Å². The Balaban J connectivity index is 1.51. The summed E-state index contributed by atoms with van der Waals surface area (Å²) in [7, 11) is 1.65. The minimum atomic E-state index is -0.272. The zero-order valence-electron chi connectivity index (χ0n) is 19.4. The maximum Gasteiger partial charge on any atom is 0.310 e. The van der Waals surface area contributed by atoms with Crippen molar-refractivity contribution in [2.75, 3.05) is 39.9 Å². The number of benzene rings is 2. The van der Waals surface area contributed by atoms with Crippen LogP contribution in [0.4, 0.5) is 0 Å². The van der Waals surface area contributed by atoms with E-state index in [0.29, 0.717) is 32.8 Å². The first-order chi connectivity index (χ1) is 16.1. The van der Waals surface area contributed by atoms with Crippen LogP contribution in [0.3, 0.4) is 0 Å². The maximum absolute atomic E-state index is 13.2. The molecule has 0 spiro atoms. The number of hydrogen-bond acceptors (Lipinski definition) is 6. The Hall–Kier alpha value is -3.06. The quantitative estimate of drug-likeness (QED) is 0.626. The van der Waals surface area contributed by atoms with Crippen molar-refractivity contribution >= 4 is 11.9 Å². The molecule has 176 valence electrons. The van der Waals surface area contributed by atoms with Crippen LogP contribution in [0.5, 0.6) is 11.5 Å². The molecule has 0 N–H and O–H groups in total. The van der Waals surface area contributed by atoms with Crippen LogP contribution in [0.25, 0.3) is 0 Å². The summed E-state index contributed by atoms with van der Waals surface area (Å²) in [5.41, 5.74) is 2.00. The SMILES string of the molecule is CCOC(=O)C1CCCN(C(=O)CN2Cc3ccccc3OC(c3ccccc3OC)C2)C1. The number of piperidine rings is 1. The van der Waals surface area contributed by atoms with Crippen LogP contribution in [-0.2, 0) is 20.9 Å². The molecule has 1 saturated heterocycles. The van der Waals surface area contributed by atoms with Crippen molar-refractivity contribution < 1.29 is 23.8 Å². The van der Waals surface area contributed by atoms with Crippen LogP contribution in [0.2, 0.25) is 0 Å². The highest BCUT2D eigenvalue weighted by Crippen LogP contribution is 2.34. The van der Waals surface area contributed by atoms with Gasteiger partial charge in [-0.1, -0.05) is 36.4 Å². The van der Waals surface area contributed by atoms with Gasteiger partial charge in [0.2, 0.25) is 5.91 Å². The molecular formula is C26H32N2O5. The van der Waals surface area contributed by atoms with E-state index < -0.39 is 0 Å². The standard InChI is InChI=1S/C26H32N2O5/c1-3-32-26(30)20-10-8-14-28(16-20)25(29)18-27-15-19-9-4-6-12-22(19)33-24(17-27)21-11-5-7-13-23(21)31-2/h4-7,9,11-13,20,24H,3,8,10,14-18H2,1-2H3. The van der Waals surface area contributed by atoms with E-state index in [1.807, 2.05) is 48.5 Å². The molecule has 7 heteroatoms. The summed E-state index contributed by atoms with van der Waals surface area (Å²) in [6.07, 6.45) is 1.31. The molecule has 2 aromatic carbocycles. The van der Waals surface area contributed by atoms with Gasteiger partial charge in [-0.05, 0) is 31.9 Å². The lowest BCUT2D eigenvalue weighted by Gasteiger charge is -2.33. The number of esters is 1. The number of carbonyl (C=O) groups excluding carboxylic acids is 2. The molecule has 7 nitrogen and oxygen atoms in total. The number of nitrogens with zero attached hydrogens (tertiary/aromatic N) is 2. The summed E-state index contributed by atoms with van der Waals surface area (Å²) in [6, 6.07) is 15.8. The van der Waals surface area contributed by atoms with Gasteiger partial charge in [-0.15, -0.1) is 0 Å². The average molecular weight is 453 g/mol. The fraction of sp³-hybridized carbons (Fsp3) is 0.462. The minimum Gasteiger partial charge on any atom is -0.496 e. The topological polar surface area (TPSA) is 68.3 Å². The van der Waals surface area contributed by atoms with Crippen molar-refractivity contribution in [3.05, 3.63) is 59.7 Å². The van der Waals surface area contributed by atoms with Gasteiger partial charge in [0.25, 0.3) is 0 Å². The normalized spacial score (nSPS) is 20.8. The number of ether oxygens (including phenoxy) is 3. The van der Waals surface area contributed by atoms with Crippen LogP contribution >= 0.6 is 0 Å². The Morgan fingerprint density at radius 2 is 1.88 bits per heavy atom. The fourth-order valence-electron chi connectivity index (χ4n) is 4.64.